The third kappa shape index (κ3) is 4.61. The van der Waals surface area contributed by atoms with Gasteiger partial charge in [-0.1, -0.05) is 0 Å². The maximum Gasteiger partial charge on any atom is 0.261 e. The van der Waals surface area contributed by atoms with E-state index in [9.17, 15) is 8.42 Å². The van der Waals surface area contributed by atoms with Gasteiger partial charge in [0.15, 0.2) is 0 Å². The molecule has 0 atom stereocenters. The van der Waals surface area contributed by atoms with Crippen molar-refractivity contribution in [3.05, 3.63) is 48.5 Å². The number of sulfonamides is 1. The fourth-order valence-corrected chi connectivity index (χ4v) is 2.89. The summed E-state index contributed by atoms with van der Waals surface area (Å²) in [7, 11) is -2.14. The number of alkyl halides is 1. The standard InChI is InChI=1S/C15H16ClN3O3S/c1-22-13-6-2-12(3-7-13)19-23(20,21)14-8-4-11(5-9-14)18-15(17)10-16/h2-9,19H,10H2,1H3,(H2,17,18). The summed E-state index contributed by atoms with van der Waals surface area (Å²) in [5.74, 6) is 1.02. The van der Waals surface area contributed by atoms with E-state index in [-0.39, 0.29) is 16.6 Å². The fourth-order valence-electron chi connectivity index (χ4n) is 1.77. The Hall–Kier alpha value is -2.25. The molecule has 0 bridgehead atoms. The molecule has 0 spiro atoms. The zero-order valence-corrected chi connectivity index (χ0v) is 13.9. The SMILES string of the molecule is COc1ccc(NS(=O)(=O)c2ccc(N=C(N)CCl)cc2)cc1. The molecule has 0 aliphatic rings. The zero-order valence-electron chi connectivity index (χ0n) is 12.4. The third-order valence-corrected chi connectivity index (χ3v) is 4.57. The van der Waals surface area contributed by atoms with E-state index in [0.29, 0.717) is 17.1 Å². The highest BCUT2D eigenvalue weighted by atomic mass is 35.5. The average molecular weight is 354 g/mol. The van der Waals surface area contributed by atoms with Crippen LogP contribution in [0.2, 0.25) is 0 Å². The number of methoxy groups -OCH3 is 1. The first-order valence-corrected chi connectivity index (χ1v) is 8.62. The second kappa shape index (κ2) is 7.34. The van der Waals surface area contributed by atoms with Crippen molar-refractivity contribution in [1.29, 1.82) is 0 Å². The van der Waals surface area contributed by atoms with Gasteiger partial charge in [0, 0.05) is 5.69 Å². The minimum Gasteiger partial charge on any atom is -0.497 e. The molecule has 0 aliphatic carbocycles. The summed E-state index contributed by atoms with van der Waals surface area (Å²) in [6.45, 7) is 0. The summed E-state index contributed by atoms with van der Waals surface area (Å²) in [5.41, 5.74) is 6.51. The lowest BCUT2D eigenvalue weighted by Crippen LogP contribution is -2.13. The molecule has 2 aromatic rings. The molecule has 0 saturated carbocycles. The van der Waals surface area contributed by atoms with Crippen molar-refractivity contribution in [2.24, 2.45) is 10.7 Å². The predicted octanol–water partition coefficient (Wildman–Crippen LogP) is 2.72. The normalized spacial score (nSPS) is 12.0. The molecule has 0 aromatic heterocycles. The largest absolute Gasteiger partial charge is 0.497 e. The lowest BCUT2D eigenvalue weighted by atomic mass is 10.3. The maximum atomic E-state index is 12.3. The molecule has 3 N–H and O–H groups in total. The van der Waals surface area contributed by atoms with E-state index in [0.717, 1.165) is 0 Å². The average Bonchev–Trinajstić information content (AvgIpc) is 2.55. The molecular weight excluding hydrogens is 338 g/mol. The van der Waals surface area contributed by atoms with Gasteiger partial charge in [-0.2, -0.15) is 0 Å². The van der Waals surface area contributed by atoms with Crippen molar-refractivity contribution >= 4 is 38.8 Å². The van der Waals surface area contributed by atoms with E-state index in [1.807, 2.05) is 0 Å². The van der Waals surface area contributed by atoms with Crippen molar-refractivity contribution in [3.8, 4) is 5.75 Å². The topological polar surface area (TPSA) is 93.8 Å². The Morgan fingerprint density at radius 1 is 1.17 bits per heavy atom. The Bertz CT molecular complexity index is 788. The quantitative estimate of drug-likeness (QED) is 0.474. The number of anilines is 1. The first-order chi connectivity index (χ1) is 10.9. The van der Waals surface area contributed by atoms with Crippen LogP contribution < -0.4 is 15.2 Å². The van der Waals surface area contributed by atoms with Gasteiger partial charge in [-0.05, 0) is 48.5 Å². The molecule has 0 fully saturated rings. The van der Waals surface area contributed by atoms with Gasteiger partial charge in [0.1, 0.15) is 11.6 Å². The van der Waals surface area contributed by atoms with Crippen LogP contribution in [0.5, 0.6) is 5.75 Å². The maximum absolute atomic E-state index is 12.3. The van der Waals surface area contributed by atoms with Crippen molar-refractivity contribution < 1.29 is 13.2 Å². The summed E-state index contributed by atoms with van der Waals surface area (Å²) in [6.07, 6.45) is 0. The first-order valence-electron chi connectivity index (χ1n) is 6.60. The van der Waals surface area contributed by atoms with E-state index in [4.69, 9.17) is 22.1 Å². The van der Waals surface area contributed by atoms with E-state index in [1.54, 1.807) is 43.5 Å². The van der Waals surface area contributed by atoms with Gasteiger partial charge >= 0.3 is 0 Å². The smallest absolute Gasteiger partial charge is 0.261 e. The Balaban J connectivity index is 2.18. The lowest BCUT2D eigenvalue weighted by Gasteiger charge is -2.09. The molecule has 2 rings (SSSR count). The number of benzene rings is 2. The Kier molecular flexibility index (Phi) is 5.46. The van der Waals surface area contributed by atoms with E-state index < -0.39 is 10.0 Å². The number of nitrogens with two attached hydrogens (primary N) is 1. The highest BCUT2D eigenvalue weighted by molar-refractivity contribution is 7.92. The number of aliphatic imine (C=N–C) groups is 1. The van der Waals surface area contributed by atoms with Crippen LogP contribution >= 0.6 is 11.6 Å². The molecule has 23 heavy (non-hydrogen) atoms. The van der Waals surface area contributed by atoms with Crippen LogP contribution in [0.4, 0.5) is 11.4 Å². The molecule has 0 unspecified atom stereocenters. The summed E-state index contributed by atoms with van der Waals surface area (Å²) >= 11 is 5.55. The number of nitrogens with zero attached hydrogens (tertiary/aromatic N) is 1. The predicted molar refractivity (Wildman–Crippen MR) is 92.2 cm³/mol. The molecule has 8 heteroatoms. The highest BCUT2D eigenvalue weighted by Gasteiger charge is 2.14. The van der Waals surface area contributed by atoms with E-state index in [1.165, 1.54) is 12.1 Å². The van der Waals surface area contributed by atoms with Crippen LogP contribution in [0.25, 0.3) is 0 Å². The van der Waals surface area contributed by atoms with Crippen LogP contribution in [-0.4, -0.2) is 27.2 Å². The van der Waals surface area contributed by atoms with Crippen molar-refractivity contribution in [3.63, 3.8) is 0 Å². The second-order valence-electron chi connectivity index (χ2n) is 4.56. The molecule has 0 amide bonds. The van der Waals surface area contributed by atoms with Gasteiger partial charge in [-0.25, -0.2) is 13.4 Å². The summed E-state index contributed by atoms with van der Waals surface area (Å²) < 4.78 is 32.2. The van der Waals surface area contributed by atoms with Gasteiger partial charge in [-0.3, -0.25) is 4.72 Å². The number of amidine groups is 1. The second-order valence-corrected chi connectivity index (χ2v) is 6.51. The molecule has 0 saturated heterocycles. The third-order valence-electron chi connectivity index (χ3n) is 2.90. The molecule has 2 aromatic carbocycles. The number of halogens is 1. The van der Waals surface area contributed by atoms with Crippen LogP contribution in [0, 0.1) is 0 Å². The van der Waals surface area contributed by atoms with Crippen LogP contribution in [-0.2, 0) is 10.0 Å². The monoisotopic (exact) mass is 353 g/mol. The van der Waals surface area contributed by atoms with Gasteiger partial charge in [-0.15, -0.1) is 11.6 Å². The number of nitrogens with one attached hydrogen (secondary N) is 1. The zero-order chi connectivity index (χ0) is 16.9. The van der Waals surface area contributed by atoms with Crippen LogP contribution in [0.15, 0.2) is 58.4 Å². The van der Waals surface area contributed by atoms with Gasteiger partial charge in [0.05, 0.1) is 23.6 Å². The minimum atomic E-state index is -3.68. The Labute approximate surface area is 140 Å². The van der Waals surface area contributed by atoms with Gasteiger partial charge in [0.25, 0.3) is 10.0 Å². The molecule has 6 nitrogen and oxygen atoms in total. The van der Waals surface area contributed by atoms with E-state index in [2.05, 4.69) is 9.71 Å². The molecule has 0 radical (unpaired) electrons. The van der Waals surface area contributed by atoms with E-state index >= 15 is 0 Å². The van der Waals surface area contributed by atoms with Crippen molar-refractivity contribution in [1.82, 2.24) is 0 Å². The number of rotatable bonds is 6. The molecular formula is C15H16ClN3O3S. The van der Waals surface area contributed by atoms with Gasteiger partial charge < -0.3 is 10.5 Å². The summed E-state index contributed by atoms with van der Waals surface area (Å²) in [5, 5.41) is 0. The molecule has 122 valence electrons. The molecule has 0 heterocycles. The van der Waals surface area contributed by atoms with Gasteiger partial charge in [0.2, 0.25) is 0 Å². The summed E-state index contributed by atoms with van der Waals surface area (Å²) in [4.78, 5) is 4.16. The lowest BCUT2D eigenvalue weighted by molar-refractivity contribution is 0.415. The minimum absolute atomic E-state index is 0.110. The number of hydrogen-bond donors (Lipinski definition) is 2. The number of ether oxygens (including phenoxy) is 1. The molecule has 0 aliphatic heterocycles. The highest BCUT2D eigenvalue weighted by Crippen LogP contribution is 2.21. The number of hydrogen-bond acceptors (Lipinski definition) is 4. The summed E-state index contributed by atoms with van der Waals surface area (Å²) in [6, 6.07) is 12.6. The van der Waals surface area contributed by atoms with Crippen LogP contribution in [0.1, 0.15) is 0 Å². The van der Waals surface area contributed by atoms with Crippen molar-refractivity contribution in [2.75, 3.05) is 17.7 Å². The van der Waals surface area contributed by atoms with Crippen LogP contribution in [0.3, 0.4) is 0 Å². The Morgan fingerprint density at radius 2 is 1.78 bits per heavy atom. The first kappa shape index (κ1) is 17.1. The fraction of sp³-hybridized carbons (Fsp3) is 0.133. The van der Waals surface area contributed by atoms with Crippen molar-refractivity contribution in [2.45, 2.75) is 4.90 Å². The Morgan fingerprint density at radius 3 is 2.30 bits per heavy atom.